The first-order valence-electron chi connectivity index (χ1n) is 10.6. The number of thiophene rings is 1. The maximum Gasteiger partial charge on any atom is 0.271 e. The number of aryl methyl sites for hydroxylation is 1. The first-order chi connectivity index (χ1) is 16.4. The van der Waals surface area contributed by atoms with Gasteiger partial charge in [0.05, 0.1) is 15.8 Å². The largest absolute Gasteiger partial charge is 0.322 e. The van der Waals surface area contributed by atoms with Crippen LogP contribution in [-0.2, 0) is 4.79 Å². The van der Waals surface area contributed by atoms with Gasteiger partial charge in [-0.3, -0.25) is 14.2 Å². The zero-order chi connectivity index (χ0) is 23.8. The number of nitrogens with zero attached hydrogens (tertiary/aromatic N) is 2. The number of allylic oxidation sites excluding steroid dienone is 1. The molecule has 1 unspecified atom stereocenters. The van der Waals surface area contributed by atoms with Gasteiger partial charge < -0.3 is 5.32 Å². The maximum atomic E-state index is 13.6. The summed E-state index contributed by atoms with van der Waals surface area (Å²) >= 11 is 9.13. The van der Waals surface area contributed by atoms with E-state index in [0.717, 1.165) is 21.7 Å². The molecule has 3 heterocycles. The molecule has 5 rings (SSSR count). The maximum absolute atomic E-state index is 13.6. The second-order valence-corrected chi connectivity index (χ2v) is 10.3. The van der Waals surface area contributed by atoms with Crippen molar-refractivity contribution in [3.05, 3.63) is 118 Å². The molecule has 1 N–H and O–H groups in total. The van der Waals surface area contributed by atoms with E-state index in [-0.39, 0.29) is 11.5 Å². The van der Waals surface area contributed by atoms with Gasteiger partial charge in [0.15, 0.2) is 4.80 Å². The number of amides is 1. The van der Waals surface area contributed by atoms with Crippen LogP contribution in [0.3, 0.4) is 0 Å². The molecular weight excluding hydrogens is 486 g/mol. The van der Waals surface area contributed by atoms with Gasteiger partial charge in [-0.15, -0.1) is 11.3 Å². The Labute approximate surface area is 209 Å². The van der Waals surface area contributed by atoms with Gasteiger partial charge in [-0.1, -0.05) is 65.4 Å². The highest BCUT2D eigenvalue weighted by molar-refractivity contribution is 7.10. The highest BCUT2D eigenvalue weighted by Crippen LogP contribution is 2.33. The standard InChI is InChI=1S/C26H20ClN3O2S2/c1-15-8-3-6-11-19(15)29-24(31)22-16(2)28-26-30(23(22)20-12-7-13-33-20)25(32)21(34-26)14-17-9-4-5-10-18(17)27/h3-14,23H,1-2H3,(H,29,31). The van der Waals surface area contributed by atoms with E-state index in [1.807, 2.05) is 73.8 Å². The Balaban J connectivity index is 1.66. The van der Waals surface area contributed by atoms with E-state index >= 15 is 0 Å². The molecule has 4 aromatic rings. The van der Waals surface area contributed by atoms with Crippen LogP contribution >= 0.6 is 34.3 Å². The summed E-state index contributed by atoms with van der Waals surface area (Å²) in [5.74, 6) is -0.269. The fourth-order valence-corrected chi connectivity index (χ4v) is 6.02. The minimum absolute atomic E-state index is 0.198. The number of carbonyl (C=O) groups is 1. The third-order valence-corrected chi connectivity index (χ3v) is 7.92. The van der Waals surface area contributed by atoms with Crippen LogP contribution in [0.4, 0.5) is 5.69 Å². The molecule has 0 radical (unpaired) electrons. The molecule has 1 amide bonds. The number of thiazole rings is 1. The molecule has 0 spiro atoms. The Morgan fingerprint density at radius 1 is 1.09 bits per heavy atom. The Morgan fingerprint density at radius 3 is 2.59 bits per heavy atom. The van der Waals surface area contributed by atoms with E-state index < -0.39 is 6.04 Å². The lowest BCUT2D eigenvalue weighted by atomic mass is 10.0. The van der Waals surface area contributed by atoms with E-state index in [9.17, 15) is 9.59 Å². The lowest BCUT2D eigenvalue weighted by Crippen LogP contribution is -2.40. The molecular formula is C26H20ClN3O2S2. The predicted molar refractivity (Wildman–Crippen MR) is 139 cm³/mol. The summed E-state index contributed by atoms with van der Waals surface area (Å²) in [5.41, 5.74) is 3.30. The van der Waals surface area contributed by atoms with Gasteiger partial charge in [-0.2, -0.15) is 0 Å². The average Bonchev–Trinajstić information content (AvgIpc) is 3.45. The van der Waals surface area contributed by atoms with Gasteiger partial charge in [-0.25, -0.2) is 4.99 Å². The molecule has 5 nitrogen and oxygen atoms in total. The minimum atomic E-state index is -0.561. The Bertz CT molecular complexity index is 1610. The third kappa shape index (κ3) is 4.07. The number of rotatable bonds is 4. The number of para-hydroxylation sites is 1. The van der Waals surface area contributed by atoms with Gasteiger partial charge in [0.1, 0.15) is 6.04 Å². The first-order valence-corrected chi connectivity index (χ1v) is 12.7. The number of hydrogen-bond donors (Lipinski definition) is 1. The van der Waals surface area contributed by atoms with Crippen LogP contribution in [-0.4, -0.2) is 10.5 Å². The van der Waals surface area contributed by atoms with Crippen LogP contribution in [0, 0.1) is 6.92 Å². The number of hydrogen-bond acceptors (Lipinski definition) is 5. The van der Waals surface area contributed by atoms with E-state index in [2.05, 4.69) is 10.3 Å². The summed E-state index contributed by atoms with van der Waals surface area (Å²) in [6, 6.07) is 18.3. The lowest BCUT2D eigenvalue weighted by Gasteiger charge is -2.24. The van der Waals surface area contributed by atoms with Gasteiger partial charge in [0, 0.05) is 15.6 Å². The van der Waals surface area contributed by atoms with Crippen molar-refractivity contribution in [2.75, 3.05) is 5.32 Å². The molecule has 1 aliphatic rings. The van der Waals surface area contributed by atoms with E-state index in [1.54, 1.807) is 16.7 Å². The zero-order valence-electron chi connectivity index (χ0n) is 18.4. The van der Waals surface area contributed by atoms with Crippen LogP contribution in [0.5, 0.6) is 0 Å². The molecule has 0 saturated carbocycles. The fourth-order valence-electron chi connectivity index (χ4n) is 3.96. The van der Waals surface area contributed by atoms with Gasteiger partial charge in [0.2, 0.25) is 0 Å². The van der Waals surface area contributed by atoms with E-state index in [0.29, 0.717) is 25.6 Å². The SMILES string of the molecule is CC1=C(C(=O)Nc2ccccc2C)C(c2cccs2)n2c(sc(=Cc3ccccc3Cl)c2=O)=N1. The third-order valence-electron chi connectivity index (χ3n) is 5.66. The number of benzene rings is 2. The van der Waals surface area contributed by atoms with Gasteiger partial charge in [-0.05, 0) is 54.6 Å². The van der Waals surface area contributed by atoms with Crippen molar-refractivity contribution < 1.29 is 4.79 Å². The summed E-state index contributed by atoms with van der Waals surface area (Å²) in [5, 5.41) is 5.53. The van der Waals surface area contributed by atoms with Crippen molar-refractivity contribution >= 4 is 51.9 Å². The fraction of sp³-hybridized carbons (Fsp3) is 0.115. The normalized spacial score (nSPS) is 15.7. The van der Waals surface area contributed by atoms with Crippen molar-refractivity contribution in [2.45, 2.75) is 19.9 Å². The summed E-state index contributed by atoms with van der Waals surface area (Å²) < 4.78 is 2.14. The molecule has 2 aromatic heterocycles. The smallest absolute Gasteiger partial charge is 0.271 e. The van der Waals surface area contributed by atoms with Crippen molar-refractivity contribution in [3.8, 4) is 0 Å². The quantitative estimate of drug-likeness (QED) is 0.429. The number of aromatic nitrogens is 1. The van der Waals surface area contributed by atoms with Crippen molar-refractivity contribution in [1.82, 2.24) is 4.57 Å². The molecule has 0 bridgehead atoms. The predicted octanol–water partition coefficient (Wildman–Crippen LogP) is 4.90. The Morgan fingerprint density at radius 2 is 1.85 bits per heavy atom. The Kier molecular flexibility index (Phi) is 6.08. The van der Waals surface area contributed by atoms with Gasteiger partial charge in [0.25, 0.3) is 11.5 Å². The van der Waals surface area contributed by atoms with Crippen LogP contribution in [0.25, 0.3) is 6.08 Å². The monoisotopic (exact) mass is 505 g/mol. The highest BCUT2D eigenvalue weighted by Gasteiger charge is 2.33. The van der Waals surface area contributed by atoms with Crippen LogP contribution in [0.15, 0.2) is 87.1 Å². The van der Waals surface area contributed by atoms with Crippen molar-refractivity contribution in [3.63, 3.8) is 0 Å². The molecule has 2 aromatic carbocycles. The molecule has 34 heavy (non-hydrogen) atoms. The molecule has 8 heteroatoms. The average molecular weight is 506 g/mol. The highest BCUT2D eigenvalue weighted by atomic mass is 35.5. The number of halogens is 1. The molecule has 170 valence electrons. The second kappa shape index (κ2) is 9.18. The minimum Gasteiger partial charge on any atom is -0.322 e. The zero-order valence-corrected chi connectivity index (χ0v) is 20.8. The topological polar surface area (TPSA) is 63.5 Å². The van der Waals surface area contributed by atoms with Crippen molar-refractivity contribution in [2.24, 2.45) is 4.99 Å². The summed E-state index contributed by atoms with van der Waals surface area (Å²) in [7, 11) is 0. The lowest BCUT2D eigenvalue weighted by molar-refractivity contribution is -0.113. The molecule has 1 atom stereocenters. The first kappa shape index (κ1) is 22.5. The molecule has 0 saturated heterocycles. The van der Waals surface area contributed by atoms with Gasteiger partial charge >= 0.3 is 0 Å². The second-order valence-electron chi connectivity index (χ2n) is 7.89. The summed E-state index contributed by atoms with van der Waals surface area (Å²) in [6.45, 7) is 3.76. The number of carbonyl (C=O) groups excluding carboxylic acids is 1. The summed E-state index contributed by atoms with van der Waals surface area (Å²) in [6.07, 6.45) is 1.78. The van der Waals surface area contributed by atoms with E-state index in [1.165, 1.54) is 22.7 Å². The van der Waals surface area contributed by atoms with Crippen molar-refractivity contribution in [1.29, 1.82) is 0 Å². The molecule has 0 aliphatic carbocycles. The van der Waals surface area contributed by atoms with Crippen LogP contribution < -0.4 is 20.2 Å². The summed E-state index contributed by atoms with van der Waals surface area (Å²) in [4.78, 5) is 33.3. The van der Waals surface area contributed by atoms with E-state index in [4.69, 9.17) is 11.6 Å². The molecule has 0 fully saturated rings. The van der Waals surface area contributed by atoms with Crippen LogP contribution in [0.1, 0.15) is 29.0 Å². The Hall–Kier alpha value is -3.26. The number of anilines is 1. The molecule has 1 aliphatic heterocycles. The number of fused-ring (bicyclic) bond motifs is 1. The number of nitrogens with one attached hydrogen (secondary N) is 1. The van der Waals surface area contributed by atoms with Crippen LogP contribution in [0.2, 0.25) is 5.02 Å².